The minimum Gasteiger partial charge on any atom is -0.300 e. The van der Waals surface area contributed by atoms with Gasteiger partial charge in [0.05, 0.1) is 6.42 Å². The van der Waals surface area contributed by atoms with Gasteiger partial charge in [0, 0.05) is 9.97 Å². The molecule has 14 heavy (non-hydrogen) atoms. The summed E-state index contributed by atoms with van der Waals surface area (Å²) in [6, 6.07) is -0.362. The number of rotatable bonds is 2. The van der Waals surface area contributed by atoms with Crippen molar-refractivity contribution < 1.29 is 13.2 Å². The van der Waals surface area contributed by atoms with E-state index >= 15 is 0 Å². The fourth-order valence-corrected chi connectivity index (χ4v) is 2.33. The number of nitrogens with zero attached hydrogens (tertiary/aromatic N) is 1. The van der Waals surface area contributed by atoms with E-state index in [1.807, 2.05) is 4.90 Å². The molecule has 0 bridgehead atoms. The highest BCUT2D eigenvalue weighted by Gasteiger charge is 2.33. The molecule has 1 aliphatic rings. The van der Waals surface area contributed by atoms with Crippen LogP contribution in [0.15, 0.2) is 0 Å². The van der Waals surface area contributed by atoms with Gasteiger partial charge in [-0.1, -0.05) is 22.6 Å². The van der Waals surface area contributed by atoms with Gasteiger partial charge in [-0.15, -0.1) is 0 Å². The smallest absolute Gasteiger partial charge is 0.300 e. The molecule has 1 aliphatic heterocycles. The Bertz CT molecular complexity index is 175. The third kappa shape index (κ3) is 4.33. The molecule has 0 aromatic carbocycles. The van der Waals surface area contributed by atoms with E-state index in [9.17, 15) is 13.2 Å². The van der Waals surface area contributed by atoms with Crippen molar-refractivity contribution >= 4 is 22.6 Å². The first-order chi connectivity index (χ1) is 6.38. The molecule has 1 fully saturated rings. The van der Waals surface area contributed by atoms with Crippen molar-refractivity contribution in [3.63, 3.8) is 0 Å². The van der Waals surface area contributed by atoms with E-state index < -0.39 is 12.6 Å². The molecule has 84 valence electrons. The average molecular weight is 321 g/mol. The summed E-state index contributed by atoms with van der Waals surface area (Å²) in [5.74, 6) is 0. The Morgan fingerprint density at radius 2 is 1.86 bits per heavy atom. The number of likely N-dealkylation sites (tertiary alicyclic amines) is 1. The standard InChI is InChI=1S/C9H15F3IN/c1-7(6-9(10,11)12)14-4-2-8(13)3-5-14/h7-8H,2-6H2,1H3. The van der Waals surface area contributed by atoms with Crippen LogP contribution in [0.25, 0.3) is 0 Å². The predicted octanol–water partition coefficient (Wildman–Crippen LogP) is 3.23. The summed E-state index contributed by atoms with van der Waals surface area (Å²) in [6.07, 6.45) is -2.68. The van der Waals surface area contributed by atoms with E-state index in [4.69, 9.17) is 0 Å². The van der Waals surface area contributed by atoms with Crippen molar-refractivity contribution in [2.75, 3.05) is 13.1 Å². The molecule has 1 unspecified atom stereocenters. The molecule has 1 atom stereocenters. The maximum Gasteiger partial charge on any atom is 0.390 e. The first kappa shape index (κ1) is 12.5. The first-order valence-electron chi connectivity index (χ1n) is 4.83. The van der Waals surface area contributed by atoms with Crippen LogP contribution in [0.1, 0.15) is 26.2 Å². The van der Waals surface area contributed by atoms with Crippen LogP contribution < -0.4 is 0 Å². The summed E-state index contributed by atoms with van der Waals surface area (Å²) < 4.78 is 37.0. The van der Waals surface area contributed by atoms with E-state index in [2.05, 4.69) is 22.6 Å². The highest BCUT2D eigenvalue weighted by Crippen LogP contribution is 2.26. The highest BCUT2D eigenvalue weighted by molar-refractivity contribution is 14.1. The van der Waals surface area contributed by atoms with Gasteiger partial charge in [-0.2, -0.15) is 13.2 Å². The maximum absolute atomic E-state index is 12.1. The Morgan fingerprint density at radius 3 is 2.29 bits per heavy atom. The molecule has 0 aromatic heterocycles. The lowest BCUT2D eigenvalue weighted by molar-refractivity contribution is -0.146. The SMILES string of the molecule is CC(CC(F)(F)F)N1CCC(I)CC1. The minimum atomic E-state index is -4.03. The molecular formula is C9H15F3IN. The largest absolute Gasteiger partial charge is 0.390 e. The molecule has 1 nitrogen and oxygen atoms in total. The second-order valence-corrected chi connectivity index (χ2v) is 5.64. The third-order valence-corrected chi connectivity index (χ3v) is 3.85. The highest BCUT2D eigenvalue weighted by atomic mass is 127. The van der Waals surface area contributed by atoms with Crippen LogP contribution in [0.4, 0.5) is 13.2 Å². The Labute approximate surface area is 96.2 Å². The molecule has 0 N–H and O–H groups in total. The predicted molar refractivity (Wildman–Crippen MR) is 58.7 cm³/mol. The Kier molecular flexibility index (Phi) is 4.49. The van der Waals surface area contributed by atoms with Crippen LogP contribution in [0.3, 0.4) is 0 Å². The first-order valence-corrected chi connectivity index (χ1v) is 6.08. The number of piperidine rings is 1. The van der Waals surface area contributed by atoms with Gasteiger partial charge in [0.1, 0.15) is 0 Å². The summed E-state index contributed by atoms with van der Waals surface area (Å²) in [7, 11) is 0. The lowest BCUT2D eigenvalue weighted by atomic mass is 10.1. The Balaban J connectivity index is 2.34. The summed E-state index contributed by atoms with van der Waals surface area (Å²) in [5.41, 5.74) is 0. The number of hydrogen-bond acceptors (Lipinski definition) is 1. The molecule has 1 heterocycles. The number of hydrogen-bond donors (Lipinski definition) is 0. The Morgan fingerprint density at radius 1 is 1.36 bits per heavy atom. The molecule has 0 aromatic rings. The van der Waals surface area contributed by atoms with Crippen LogP contribution in [-0.4, -0.2) is 34.1 Å². The van der Waals surface area contributed by atoms with Gasteiger partial charge in [0.25, 0.3) is 0 Å². The summed E-state index contributed by atoms with van der Waals surface area (Å²) in [5, 5.41) is 0. The molecule has 0 radical (unpaired) electrons. The van der Waals surface area contributed by atoms with Crippen LogP contribution in [0, 0.1) is 0 Å². The van der Waals surface area contributed by atoms with Crippen molar-refractivity contribution in [2.24, 2.45) is 0 Å². The molecule has 5 heteroatoms. The van der Waals surface area contributed by atoms with Gasteiger partial charge in [0.2, 0.25) is 0 Å². The molecule has 0 spiro atoms. The van der Waals surface area contributed by atoms with Crippen molar-refractivity contribution in [1.29, 1.82) is 0 Å². The molecule has 1 saturated heterocycles. The zero-order valence-electron chi connectivity index (χ0n) is 8.15. The van der Waals surface area contributed by atoms with Gasteiger partial charge in [-0.3, -0.25) is 0 Å². The summed E-state index contributed by atoms with van der Waals surface area (Å²) >= 11 is 2.37. The topological polar surface area (TPSA) is 3.24 Å². The summed E-state index contributed by atoms with van der Waals surface area (Å²) in [4.78, 5) is 1.95. The van der Waals surface area contributed by atoms with Crippen LogP contribution in [-0.2, 0) is 0 Å². The molecule has 0 saturated carbocycles. The summed E-state index contributed by atoms with van der Waals surface area (Å²) in [6.45, 7) is 3.29. The molecular weight excluding hydrogens is 306 g/mol. The van der Waals surface area contributed by atoms with E-state index in [1.165, 1.54) is 0 Å². The molecule has 1 rings (SSSR count). The lowest BCUT2D eigenvalue weighted by Crippen LogP contribution is -2.42. The second kappa shape index (κ2) is 5.01. The van der Waals surface area contributed by atoms with E-state index in [0.717, 1.165) is 25.9 Å². The minimum absolute atomic E-state index is 0.362. The second-order valence-electron chi connectivity index (χ2n) is 3.88. The Hall–Kier alpha value is 0.480. The van der Waals surface area contributed by atoms with Gasteiger partial charge in [0.15, 0.2) is 0 Å². The van der Waals surface area contributed by atoms with Crippen LogP contribution in [0.5, 0.6) is 0 Å². The maximum atomic E-state index is 12.1. The van der Waals surface area contributed by atoms with Crippen molar-refractivity contribution in [3.8, 4) is 0 Å². The lowest BCUT2D eigenvalue weighted by Gasteiger charge is -2.34. The fourth-order valence-electron chi connectivity index (χ4n) is 1.77. The van der Waals surface area contributed by atoms with E-state index in [0.29, 0.717) is 3.92 Å². The fraction of sp³-hybridized carbons (Fsp3) is 1.00. The van der Waals surface area contributed by atoms with Crippen LogP contribution >= 0.6 is 22.6 Å². The average Bonchev–Trinajstić information content (AvgIpc) is 2.02. The van der Waals surface area contributed by atoms with Gasteiger partial charge < -0.3 is 4.90 Å². The third-order valence-electron chi connectivity index (χ3n) is 2.61. The van der Waals surface area contributed by atoms with Crippen molar-refractivity contribution in [2.45, 2.75) is 42.3 Å². The van der Waals surface area contributed by atoms with Crippen molar-refractivity contribution in [1.82, 2.24) is 4.90 Å². The van der Waals surface area contributed by atoms with Gasteiger partial charge in [-0.25, -0.2) is 0 Å². The number of halogens is 4. The zero-order valence-corrected chi connectivity index (χ0v) is 10.3. The van der Waals surface area contributed by atoms with Gasteiger partial charge in [-0.05, 0) is 32.9 Å². The van der Waals surface area contributed by atoms with Crippen molar-refractivity contribution in [3.05, 3.63) is 0 Å². The molecule has 0 aliphatic carbocycles. The quantitative estimate of drug-likeness (QED) is 0.558. The normalized spacial score (nSPS) is 23.8. The molecule has 0 amide bonds. The van der Waals surface area contributed by atoms with Crippen LogP contribution in [0.2, 0.25) is 0 Å². The van der Waals surface area contributed by atoms with E-state index in [1.54, 1.807) is 6.92 Å². The van der Waals surface area contributed by atoms with Gasteiger partial charge >= 0.3 is 6.18 Å². The van der Waals surface area contributed by atoms with E-state index in [-0.39, 0.29) is 6.04 Å². The number of alkyl halides is 4. The monoisotopic (exact) mass is 321 g/mol. The zero-order chi connectivity index (χ0) is 10.8.